The molecule has 0 N–H and O–H groups in total. The summed E-state index contributed by atoms with van der Waals surface area (Å²) in [6.07, 6.45) is 10.8. The van der Waals surface area contributed by atoms with Crippen molar-refractivity contribution in [1.82, 2.24) is 0 Å². The molecule has 2 aromatic rings. The fraction of sp³-hybridized carbons (Fsp3) is 0.533. The highest BCUT2D eigenvalue weighted by Crippen LogP contribution is 2.40. The maximum absolute atomic E-state index is 15.0. The third-order valence-electron chi connectivity index (χ3n) is 8.01. The van der Waals surface area contributed by atoms with E-state index in [1.165, 1.54) is 24.3 Å². The van der Waals surface area contributed by atoms with Gasteiger partial charge in [-0.3, -0.25) is 0 Å². The Balaban J connectivity index is 1.45. The van der Waals surface area contributed by atoms with Gasteiger partial charge in [0.15, 0.2) is 23.3 Å². The van der Waals surface area contributed by atoms with Crippen molar-refractivity contribution < 1.29 is 22.3 Å². The number of aryl methyl sites for hydroxylation is 1. The van der Waals surface area contributed by atoms with E-state index in [2.05, 4.69) is 13.5 Å². The monoisotopic (exact) mass is 488 g/mol. The maximum Gasteiger partial charge on any atom is 0.167 e. The predicted octanol–water partition coefficient (Wildman–Crippen LogP) is 8.90. The van der Waals surface area contributed by atoms with E-state index in [0.29, 0.717) is 43.0 Å². The second-order valence-corrected chi connectivity index (χ2v) is 10.3. The zero-order valence-corrected chi connectivity index (χ0v) is 20.6. The van der Waals surface area contributed by atoms with Crippen LogP contribution in [-0.2, 0) is 11.2 Å². The van der Waals surface area contributed by atoms with Crippen LogP contribution in [-0.4, -0.2) is 12.7 Å². The van der Waals surface area contributed by atoms with Crippen LogP contribution in [0.5, 0.6) is 0 Å². The van der Waals surface area contributed by atoms with Crippen LogP contribution in [0.15, 0.2) is 36.9 Å². The molecule has 2 unspecified atom stereocenters. The number of hydrogen-bond donors (Lipinski definition) is 0. The van der Waals surface area contributed by atoms with Gasteiger partial charge < -0.3 is 4.74 Å². The molecule has 1 aliphatic heterocycles. The number of benzene rings is 2. The summed E-state index contributed by atoms with van der Waals surface area (Å²) in [5.41, 5.74) is 0.102. The summed E-state index contributed by atoms with van der Waals surface area (Å²) in [4.78, 5) is 0. The molecule has 0 amide bonds. The highest BCUT2D eigenvalue weighted by molar-refractivity contribution is 5.66. The SMILES string of the molecule is C=CC1CCC(c2ccc(-c3ccc(CCC4CCC(CCC)OC4)c(F)c3F)c(F)c2F)CC1. The van der Waals surface area contributed by atoms with Gasteiger partial charge in [0.1, 0.15) is 0 Å². The number of halogens is 4. The minimum absolute atomic E-state index is 0.0697. The number of rotatable bonds is 8. The molecule has 35 heavy (non-hydrogen) atoms. The van der Waals surface area contributed by atoms with Crippen molar-refractivity contribution in [3.05, 3.63) is 71.3 Å². The summed E-state index contributed by atoms with van der Waals surface area (Å²) in [6, 6.07) is 5.79. The maximum atomic E-state index is 15.0. The molecule has 2 aromatic carbocycles. The molecule has 2 aliphatic rings. The molecule has 1 nitrogen and oxygen atoms in total. The van der Waals surface area contributed by atoms with Gasteiger partial charge in [-0.1, -0.05) is 43.7 Å². The molecule has 2 fully saturated rings. The first kappa shape index (κ1) is 25.9. The van der Waals surface area contributed by atoms with Crippen LogP contribution in [0, 0.1) is 35.1 Å². The van der Waals surface area contributed by atoms with Crippen molar-refractivity contribution in [2.75, 3.05) is 6.61 Å². The molecular formula is C30H36F4O. The van der Waals surface area contributed by atoms with Crippen LogP contribution in [0.2, 0.25) is 0 Å². The van der Waals surface area contributed by atoms with Gasteiger partial charge in [-0.05, 0) is 86.7 Å². The zero-order chi connectivity index (χ0) is 24.9. The lowest BCUT2D eigenvalue weighted by Gasteiger charge is -2.29. The molecule has 0 spiro atoms. The Labute approximate surface area is 206 Å². The van der Waals surface area contributed by atoms with Crippen LogP contribution in [0.1, 0.15) is 81.8 Å². The van der Waals surface area contributed by atoms with E-state index in [0.717, 1.165) is 51.4 Å². The van der Waals surface area contributed by atoms with Crippen molar-refractivity contribution in [2.45, 2.75) is 83.2 Å². The molecular weight excluding hydrogens is 452 g/mol. The van der Waals surface area contributed by atoms with Crippen molar-refractivity contribution in [3.63, 3.8) is 0 Å². The van der Waals surface area contributed by atoms with Gasteiger partial charge in [-0.2, -0.15) is 0 Å². The minimum atomic E-state index is -1.12. The summed E-state index contributed by atoms with van der Waals surface area (Å²) >= 11 is 0. The summed E-state index contributed by atoms with van der Waals surface area (Å²) < 4.78 is 65.8. The van der Waals surface area contributed by atoms with E-state index in [1.807, 2.05) is 6.08 Å². The lowest BCUT2D eigenvalue weighted by Crippen LogP contribution is -2.26. The van der Waals surface area contributed by atoms with Gasteiger partial charge in [0.2, 0.25) is 0 Å². The Hall–Kier alpha value is -2.14. The Kier molecular flexibility index (Phi) is 8.69. The van der Waals surface area contributed by atoms with E-state index in [-0.39, 0.29) is 22.6 Å². The first-order valence-electron chi connectivity index (χ1n) is 13.1. The number of allylic oxidation sites excluding steroid dienone is 1. The molecule has 2 atom stereocenters. The highest BCUT2D eigenvalue weighted by Gasteiger charge is 2.27. The first-order valence-corrected chi connectivity index (χ1v) is 13.1. The molecule has 0 bridgehead atoms. The normalized spacial score (nSPS) is 24.9. The average molecular weight is 489 g/mol. The number of ether oxygens (including phenoxy) is 1. The summed E-state index contributed by atoms with van der Waals surface area (Å²) in [7, 11) is 0. The van der Waals surface area contributed by atoms with Crippen LogP contribution >= 0.6 is 0 Å². The molecule has 1 heterocycles. The van der Waals surface area contributed by atoms with Crippen molar-refractivity contribution in [1.29, 1.82) is 0 Å². The van der Waals surface area contributed by atoms with Gasteiger partial charge in [0, 0.05) is 17.7 Å². The lowest BCUT2D eigenvalue weighted by atomic mass is 9.78. The van der Waals surface area contributed by atoms with E-state index < -0.39 is 23.3 Å². The van der Waals surface area contributed by atoms with Crippen molar-refractivity contribution in [3.8, 4) is 11.1 Å². The lowest BCUT2D eigenvalue weighted by molar-refractivity contribution is -0.0218. The second-order valence-electron chi connectivity index (χ2n) is 10.3. The second kappa shape index (κ2) is 11.7. The zero-order valence-electron chi connectivity index (χ0n) is 20.6. The molecule has 5 heteroatoms. The topological polar surface area (TPSA) is 9.23 Å². The third-order valence-corrected chi connectivity index (χ3v) is 8.01. The number of hydrogen-bond acceptors (Lipinski definition) is 1. The standard InChI is InChI=1S/C30H36F4O/c1-3-5-23-14-9-20(18-35-23)8-12-22-13-15-25(29(33)27(22)31)26-17-16-24(28(32)30(26)34)21-10-6-19(4-2)7-11-21/h4,13,15-17,19-21,23H,2-3,5-12,14,18H2,1H3. The first-order chi connectivity index (χ1) is 16.9. The molecule has 1 aliphatic carbocycles. The van der Waals surface area contributed by atoms with Gasteiger partial charge in [0.05, 0.1) is 6.10 Å². The van der Waals surface area contributed by atoms with Crippen molar-refractivity contribution in [2.24, 2.45) is 11.8 Å². The fourth-order valence-corrected chi connectivity index (χ4v) is 5.74. The van der Waals surface area contributed by atoms with Gasteiger partial charge in [0.25, 0.3) is 0 Å². The smallest absolute Gasteiger partial charge is 0.167 e. The van der Waals surface area contributed by atoms with Crippen LogP contribution < -0.4 is 0 Å². The molecule has 190 valence electrons. The van der Waals surface area contributed by atoms with E-state index in [9.17, 15) is 4.39 Å². The van der Waals surface area contributed by atoms with Crippen LogP contribution in [0.25, 0.3) is 11.1 Å². The molecule has 4 rings (SSSR count). The minimum Gasteiger partial charge on any atom is -0.378 e. The quantitative estimate of drug-likeness (QED) is 0.266. The van der Waals surface area contributed by atoms with Crippen molar-refractivity contribution >= 4 is 0 Å². The summed E-state index contributed by atoms with van der Waals surface area (Å²) in [5, 5.41) is 0. The van der Waals surface area contributed by atoms with Gasteiger partial charge in [-0.15, -0.1) is 6.58 Å². The molecule has 1 saturated carbocycles. The Morgan fingerprint density at radius 1 is 0.829 bits per heavy atom. The van der Waals surface area contributed by atoms with E-state index >= 15 is 13.2 Å². The predicted molar refractivity (Wildman–Crippen MR) is 132 cm³/mol. The average Bonchev–Trinajstić information content (AvgIpc) is 2.88. The van der Waals surface area contributed by atoms with E-state index in [1.54, 1.807) is 0 Å². The van der Waals surface area contributed by atoms with Crippen LogP contribution in [0.4, 0.5) is 17.6 Å². The molecule has 1 saturated heterocycles. The molecule has 0 aromatic heterocycles. The molecule has 0 radical (unpaired) electrons. The largest absolute Gasteiger partial charge is 0.378 e. The Morgan fingerprint density at radius 3 is 2.14 bits per heavy atom. The summed E-state index contributed by atoms with van der Waals surface area (Å²) in [5.74, 6) is -3.49. The fourth-order valence-electron chi connectivity index (χ4n) is 5.74. The highest BCUT2D eigenvalue weighted by atomic mass is 19.2. The third kappa shape index (κ3) is 5.82. The van der Waals surface area contributed by atoms with E-state index in [4.69, 9.17) is 4.74 Å². The van der Waals surface area contributed by atoms with Gasteiger partial charge >= 0.3 is 0 Å². The Morgan fingerprint density at radius 2 is 1.51 bits per heavy atom. The Bertz CT molecular complexity index is 1020. The summed E-state index contributed by atoms with van der Waals surface area (Å²) in [6.45, 7) is 6.61. The van der Waals surface area contributed by atoms with Crippen LogP contribution in [0.3, 0.4) is 0 Å². The van der Waals surface area contributed by atoms with Gasteiger partial charge in [-0.25, -0.2) is 17.6 Å².